The second-order valence-corrected chi connectivity index (χ2v) is 4.91. The van der Waals surface area contributed by atoms with Gasteiger partial charge in [-0.3, -0.25) is 4.79 Å². The highest BCUT2D eigenvalue weighted by molar-refractivity contribution is 5.76. The van der Waals surface area contributed by atoms with E-state index in [2.05, 4.69) is 15.4 Å². The van der Waals surface area contributed by atoms with E-state index < -0.39 is 0 Å². The molecule has 1 aliphatic heterocycles. The van der Waals surface area contributed by atoms with Gasteiger partial charge in [-0.05, 0) is 30.2 Å². The van der Waals surface area contributed by atoms with Crippen molar-refractivity contribution >= 4 is 5.91 Å². The summed E-state index contributed by atoms with van der Waals surface area (Å²) < 4.78 is 20.0. The Kier molecular flexibility index (Phi) is 3.70. The van der Waals surface area contributed by atoms with Crippen LogP contribution in [0.15, 0.2) is 24.5 Å². The van der Waals surface area contributed by atoms with E-state index in [4.69, 9.17) is 10.00 Å². The van der Waals surface area contributed by atoms with Crippen LogP contribution in [0.3, 0.4) is 0 Å². The first-order chi connectivity index (χ1) is 10.6. The van der Waals surface area contributed by atoms with Gasteiger partial charge in [0.1, 0.15) is 37.1 Å². The molecular weight excluding hydrogens is 289 g/mol. The molecule has 0 saturated heterocycles. The SMILES string of the molecule is N#Cc1ncn(CC(=O)NC2COc3ccc(F)cc3C2)n1. The maximum absolute atomic E-state index is 13.2. The number of fused-ring (bicyclic) bond motifs is 1. The molecule has 1 atom stereocenters. The molecule has 1 unspecified atom stereocenters. The lowest BCUT2D eigenvalue weighted by Gasteiger charge is -2.26. The number of hydrogen-bond acceptors (Lipinski definition) is 5. The van der Waals surface area contributed by atoms with Crippen molar-refractivity contribution in [1.82, 2.24) is 20.1 Å². The van der Waals surface area contributed by atoms with Crippen LogP contribution in [0.5, 0.6) is 5.75 Å². The first-order valence-electron chi connectivity index (χ1n) is 6.64. The smallest absolute Gasteiger partial charge is 0.252 e. The summed E-state index contributed by atoms with van der Waals surface area (Å²) in [7, 11) is 0. The first-order valence-corrected chi connectivity index (χ1v) is 6.64. The molecule has 1 aromatic heterocycles. The number of halogens is 1. The van der Waals surface area contributed by atoms with E-state index in [0.717, 1.165) is 5.56 Å². The van der Waals surface area contributed by atoms with E-state index in [0.29, 0.717) is 18.8 Å². The lowest BCUT2D eigenvalue weighted by atomic mass is 10.0. The molecule has 1 aromatic carbocycles. The molecule has 0 spiro atoms. The number of nitriles is 1. The summed E-state index contributed by atoms with van der Waals surface area (Å²) >= 11 is 0. The third-order valence-corrected chi connectivity index (χ3v) is 3.24. The maximum Gasteiger partial charge on any atom is 0.252 e. The molecule has 0 saturated carbocycles. The van der Waals surface area contributed by atoms with E-state index in [1.807, 2.05) is 0 Å². The van der Waals surface area contributed by atoms with Crippen LogP contribution in [0.2, 0.25) is 0 Å². The monoisotopic (exact) mass is 301 g/mol. The van der Waals surface area contributed by atoms with E-state index >= 15 is 0 Å². The van der Waals surface area contributed by atoms with Gasteiger partial charge in [-0.15, -0.1) is 5.10 Å². The second kappa shape index (κ2) is 5.81. The van der Waals surface area contributed by atoms with Crippen LogP contribution in [0.25, 0.3) is 0 Å². The molecule has 7 nitrogen and oxygen atoms in total. The van der Waals surface area contributed by atoms with E-state index in [1.165, 1.54) is 23.1 Å². The molecule has 3 rings (SSSR count). The van der Waals surface area contributed by atoms with Crippen LogP contribution < -0.4 is 10.1 Å². The molecule has 22 heavy (non-hydrogen) atoms. The number of hydrogen-bond donors (Lipinski definition) is 1. The Bertz CT molecular complexity index is 752. The lowest BCUT2D eigenvalue weighted by Crippen LogP contribution is -2.44. The van der Waals surface area contributed by atoms with Crippen LogP contribution >= 0.6 is 0 Å². The predicted molar refractivity (Wildman–Crippen MR) is 72.3 cm³/mol. The molecule has 2 heterocycles. The molecule has 0 aliphatic carbocycles. The van der Waals surface area contributed by atoms with Crippen molar-refractivity contribution < 1.29 is 13.9 Å². The Balaban J connectivity index is 1.60. The second-order valence-electron chi connectivity index (χ2n) is 4.91. The van der Waals surface area contributed by atoms with E-state index in [-0.39, 0.29) is 30.1 Å². The minimum atomic E-state index is -0.332. The highest BCUT2D eigenvalue weighted by Crippen LogP contribution is 2.25. The number of amides is 1. The summed E-state index contributed by atoms with van der Waals surface area (Å²) in [5.74, 6) is 0.0452. The van der Waals surface area contributed by atoms with Crippen molar-refractivity contribution in [3.63, 3.8) is 0 Å². The van der Waals surface area contributed by atoms with Gasteiger partial charge in [0, 0.05) is 0 Å². The van der Waals surface area contributed by atoms with Gasteiger partial charge in [0.2, 0.25) is 5.91 Å². The normalized spacial score (nSPS) is 16.3. The van der Waals surface area contributed by atoms with Gasteiger partial charge < -0.3 is 10.1 Å². The van der Waals surface area contributed by atoms with Crippen molar-refractivity contribution in [2.45, 2.75) is 19.0 Å². The molecule has 1 aliphatic rings. The zero-order chi connectivity index (χ0) is 15.5. The summed E-state index contributed by atoms with van der Waals surface area (Å²) in [6.45, 7) is 0.284. The van der Waals surface area contributed by atoms with Crippen LogP contribution in [0.1, 0.15) is 11.4 Å². The standard InChI is InChI=1S/C14H12FN5O2/c15-10-1-2-12-9(3-10)4-11(7-22-12)18-14(21)6-20-8-17-13(5-16)19-20/h1-3,8,11H,4,6-7H2,(H,18,21). The Morgan fingerprint density at radius 1 is 1.59 bits per heavy atom. The Hall–Kier alpha value is -2.95. The minimum absolute atomic E-state index is 0.0122. The molecular formula is C14H12FN5O2. The largest absolute Gasteiger partial charge is 0.491 e. The van der Waals surface area contributed by atoms with Crippen molar-refractivity contribution in [1.29, 1.82) is 5.26 Å². The molecule has 2 aromatic rings. The van der Waals surface area contributed by atoms with Crippen molar-refractivity contribution in [3.05, 3.63) is 41.7 Å². The molecule has 0 radical (unpaired) electrons. The van der Waals surface area contributed by atoms with Crippen LogP contribution in [-0.2, 0) is 17.8 Å². The lowest BCUT2D eigenvalue weighted by molar-refractivity contribution is -0.122. The summed E-state index contributed by atoms with van der Waals surface area (Å²) in [4.78, 5) is 15.7. The number of aromatic nitrogens is 3. The van der Waals surface area contributed by atoms with Crippen molar-refractivity contribution in [2.75, 3.05) is 6.61 Å². The van der Waals surface area contributed by atoms with Gasteiger partial charge in [0.25, 0.3) is 5.82 Å². The summed E-state index contributed by atoms with van der Waals surface area (Å²) in [5.41, 5.74) is 0.726. The summed E-state index contributed by atoms with van der Waals surface area (Å²) in [5, 5.41) is 15.2. The first kappa shape index (κ1) is 14.0. The Morgan fingerprint density at radius 2 is 2.45 bits per heavy atom. The van der Waals surface area contributed by atoms with Crippen LogP contribution in [-0.4, -0.2) is 33.3 Å². The molecule has 0 fully saturated rings. The summed E-state index contributed by atoms with van der Waals surface area (Å²) in [6, 6.07) is 5.89. The summed E-state index contributed by atoms with van der Waals surface area (Å²) in [6.07, 6.45) is 1.82. The molecule has 0 bridgehead atoms. The van der Waals surface area contributed by atoms with Gasteiger partial charge >= 0.3 is 0 Å². The maximum atomic E-state index is 13.2. The van der Waals surface area contributed by atoms with Gasteiger partial charge in [0.15, 0.2) is 0 Å². The third kappa shape index (κ3) is 3.03. The Morgan fingerprint density at radius 3 is 3.23 bits per heavy atom. The molecule has 1 amide bonds. The zero-order valence-electron chi connectivity index (χ0n) is 11.5. The van der Waals surface area contributed by atoms with Gasteiger partial charge in [-0.1, -0.05) is 0 Å². The van der Waals surface area contributed by atoms with E-state index in [9.17, 15) is 9.18 Å². The number of ether oxygens (including phenoxy) is 1. The van der Waals surface area contributed by atoms with Crippen LogP contribution in [0, 0.1) is 17.1 Å². The molecule has 8 heteroatoms. The third-order valence-electron chi connectivity index (χ3n) is 3.24. The fourth-order valence-electron chi connectivity index (χ4n) is 2.30. The van der Waals surface area contributed by atoms with Gasteiger partial charge in [0.05, 0.1) is 6.04 Å². The van der Waals surface area contributed by atoms with Gasteiger partial charge in [-0.25, -0.2) is 14.1 Å². The van der Waals surface area contributed by atoms with E-state index in [1.54, 1.807) is 12.1 Å². The van der Waals surface area contributed by atoms with Gasteiger partial charge in [-0.2, -0.15) is 5.26 Å². The molecule has 1 N–H and O–H groups in total. The number of rotatable bonds is 3. The molecule has 112 valence electrons. The number of carbonyl (C=O) groups is 1. The van der Waals surface area contributed by atoms with Crippen LogP contribution in [0.4, 0.5) is 4.39 Å². The minimum Gasteiger partial charge on any atom is -0.491 e. The average Bonchev–Trinajstić information content (AvgIpc) is 2.94. The number of benzene rings is 1. The predicted octanol–water partition coefficient (Wildman–Crippen LogP) is 0.409. The topological polar surface area (TPSA) is 92.8 Å². The highest BCUT2D eigenvalue weighted by atomic mass is 19.1. The number of nitrogens with zero attached hydrogens (tertiary/aromatic N) is 4. The van der Waals surface area contributed by atoms with Crippen molar-refractivity contribution in [3.8, 4) is 11.8 Å². The quantitative estimate of drug-likeness (QED) is 0.886. The average molecular weight is 301 g/mol. The number of carbonyl (C=O) groups excluding carboxylic acids is 1. The fraction of sp³-hybridized carbons (Fsp3) is 0.286. The zero-order valence-corrected chi connectivity index (χ0v) is 11.5. The number of nitrogens with one attached hydrogen (secondary N) is 1. The fourth-order valence-corrected chi connectivity index (χ4v) is 2.30. The Labute approximate surface area is 125 Å². The highest BCUT2D eigenvalue weighted by Gasteiger charge is 2.22. The van der Waals surface area contributed by atoms with Crippen molar-refractivity contribution in [2.24, 2.45) is 0 Å².